The summed E-state index contributed by atoms with van der Waals surface area (Å²) in [5.74, 6) is 0.434. The Morgan fingerprint density at radius 3 is 2.25 bits per heavy atom. The number of hydrogen-bond donors (Lipinski definition) is 0. The molecule has 0 aliphatic heterocycles. The van der Waals surface area contributed by atoms with E-state index in [0.717, 1.165) is 36.1 Å². The van der Waals surface area contributed by atoms with Crippen LogP contribution in [-0.2, 0) is 9.53 Å². The zero-order valence-electron chi connectivity index (χ0n) is 20.3. The van der Waals surface area contributed by atoms with E-state index in [1.165, 1.54) is 11.3 Å². The molecule has 1 amide bonds. The summed E-state index contributed by atoms with van der Waals surface area (Å²) in [5, 5.41) is 0.709. The third kappa shape index (κ3) is 5.43. The highest BCUT2D eigenvalue weighted by molar-refractivity contribution is 7.20. The smallest absolute Gasteiger partial charge is 0.341 e. The average Bonchev–Trinajstić information content (AvgIpc) is 3.19. The van der Waals surface area contributed by atoms with Gasteiger partial charge in [-0.3, -0.25) is 4.79 Å². The van der Waals surface area contributed by atoms with E-state index in [1.807, 2.05) is 55.1 Å². The van der Waals surface area contributed by atoms with Gasteiger partial charge in [0, 0.05) is 16.8 Å². The van der Waals surface area contributed by atoms with Gasteiger partial charge in [-0.1, -0.05) is 51.1 Å². The quantitative estimate of drug-likeness (QED) is 0.433. The van der Waals surface area contributed by atoms with Crippen LogP contribution in [-0.4, -0.2) is 24.5 Å². The Morgan fingerprint density at radius 1 is 1.09 bits per heavy atom. The summed E-state index contributed by atoms with van der Waals surface area (Å²) in [4.78, 5) is 29.4. The molecule has 0 N–H and O–H groups in total. The molecule has 4 nitrogen and oxygen atoms in total. The maximum absolute atomic E-state index is 13.8. The topological polar surface area (TPSA) is 46.6 Å². The van der Waals surface area contributed by atoms with Crippen LogP contribution >= 0.6 is 11.3 Å². The number of carbonyl (C=O) groups excluding carboxylic acids is 2. The SMILES string of the molecule is CCOC(=O)c1cc(-c2ccccc2)sc1N(C(=O)C1CCC(C(C)(C)C)CC1)C(C)C. The van der Waals surface area contributed by atoms with Gasteiger partial charge in [-0.25, -0.2) is 4.79 Å². The number of benzene rings is 1. The molecule has 0 saturated heterocycles. The normalized spacial score (nSPS) is 19.1. The van der Waals surface area contributed by atoms with E-state index in [1.54, 1.807) is 6.92 Å². The van der Waals surface area contributed by atoms with Gasteiger partial charge in [-0.2, -0.15) is 0 Å². The summed E-state index contributed by atoms with van der Waals surface area (Å²) in [6, 6.07) is 11.8. The van der Waals surface area contributed by atoms with E-state index in [2.05, 4.69) is 20.8 Å². The molecule has 0 atom stereocenters. The van der Waals surface area contributed by atoms with E-state index in [4.69, 9.17) is 4.74 Å². The van der Waals surface area contributed by atoms with Crippen LogP contribution in [0.5, 0.6) is 0 Å². The van der Waals surface area contributed by atoms with E-state index in [9.17, 15) is 9.59 Å². The number of hydrogen-bond acceptors (Lipinski definition) is 4. The summed E-state index contributed by atoms with van der Waals surface area (Å²) in [5.41, 5.74) is 1.80. The highest BCUT2D eigenvalue weighted by Gasteiger charge is 2.37. The summed E-state index contributed by atoms with van der Waals surface area (Å²) in [6.45, 7) is 13.0. The molecule has 1 heterocycles. The first-order valence-corrected chi connectivity index (χ1v) is 12.6. The van der Waals surface area contributed by atoms with Crippen LogP contribution in [0.3, 0.4) is 0 Å². The third-order valence-corrected chi connectivity index (χ3v) is 7.72. The standard InChI is InChI=1S/C27H37NO3S/c1-7-31-26(30)22-17-23(19-11-9-8-10-12-19)32-25(22)28(18(2)3)24(29)20-13-15-21(16-14-20)27(4,5)6/h8-12,17-18,20-21H,7,13-16H2,1-6H3. The zero-order valence-corrected chi connectivity index (χ0v) is 21.1. The number of thiophene rings is 1. The van der Waals surface area contributed by atoms with Crippen LogP contribution < -0.4 is 4.90 Å². The molecule has 1 aromatic heterocycles. The van der Waals surface area contributed by atoms with Gasteiger partial charge in [-0.05, 0) is 69.4 Å². The van der Waals surface area contributed by atoms with Crippen molar-refractivity contribution in [3.05, 3.63) is 42.0 Å². The lowest BCUT2D eigenvalue weighted by Crippen LogP contribution is -2.43. The minimum atomic E-state index is -0.365. The maximum Gasteiger partial charge on any atom is 0.341 e. The second kappa shape index (κ2) is 10.2. The predicted octanol–water partition coefficient (Wildman–Crippen LogP) is 7.19. The lowest BCUT2D eigenvalue weighted by atomic mass is 9.69. The molecule has 0 spiro atoms. The van der Waals surface area contributed by atoms with Crippen LogP contribution in [0, 0.1) is 17.3 Å². The van der Waals surface area contributed by atoms with Crippen LogP contribution in [0.4, 0.5) is 5.00 Å². The monoisotopic (exact) mass is 455 g/mol. The summed E-state index contributed by atoms with van der Waals surface area (Å²) in [7, 11) is 0. The largest absolute Gasteiger partial charge is 0.462 e. The van der Waals surface area contributed by atoms with E-state index >= 15 is 0 Å². The van der Waals surface area contributed by atoms with Crippen molar-refractivity contribution >= 4 is 28.2 Å². The number of anilines is 1. The molecule has 0 unspecified atom stereocenters. The van der Waals surface area contributed by atoms with Crippen molar-refractivity contribution in [2.24, 2.45) is 17.3 Å². The number of nitrogens with zero attached hydrogens (tertiary/aromatic N) is 1. The highest BCUT2D eigenvalue weighted by Crippen LogP contribution is 2.43. The molecule has 0 radical (unpaired) electrons. The van der Waals surface area contributed by atoms with Crippen LogP contribution in [0.2, 0.25) is 0 Å². The fourth-order valence-electron chi connectivity index (χ4n) is 4.65. The molecule has 2 aromatic rings. The Bertz CT molecular complexity index is 918. The van der Waals surface area contributed by atoms with Crippen molar-refractivity contribution < 1.29 is 14.3 Å². The molecule has 32 heavy (non-hydrogen) atoms. The van der Waals surface area contributed by atoms with Crippen LogP contribution in [0.15, 0.2) is 36.4 Å². The fourth-order valence-corrected chi connectivity index (χ4v) is 5.94. The molecule has 174 valence electrons. The van der Waals surface area contributed by atoms with Gasteiger partial charge in [0.05, 0.1) is 12.2 Å². The third-order valence-electron chi connectivity index (χ3n) is 6.54. The Kier molecular flexibility index (Phi) is 7.81. The fraction of sp³-hybridized carbons (Fsp3) is 0.556. The Hall–Kier alpha value is -2.14. The number of carbonyl (C=O) groups is 2. The average molecular weight is 456 g/mol. The molecule has 3 rings (SSSR count). The predicted molar refractivity (Wildman–Crippen MR) is 133 cm³/mol. The van der Waals surface area contributed by atoms with Crippen molar-refractivity contribution in [1.29, 1.82) is 0 Å². The molecular weight excluding hydrogens is 418 g/mol. The molecule has 1 aliphatic rings. The molecule has 5 heteroatoms. The molecule has 1 fully saturated rings. The first-order valence-electron chi connectivity index (χ1n) is 11.8. The Morgan fingerprint density at radius 2 is 1.72 bits per heavy atom. The van der Waals surface area contributed by atoms with Gasteiger partial charge in [-0.15, -0.1) is 11.3 Å². The second-order valence-corrected chi connectivity index (χ2v) is 11.2. The van der Waals surface area contributed by atoms with E-state index in [-0.39, 0.29) is 29.3 Å². The molecule has 1 aliphatic carbocycles. The second-order valence-electron chi connectivity index (χ2n) is 10.1. The summed E-state index contributed by atoms with van der Waals surface area (Å²) in [6.07, 6.45) is 3.98. The first-order chi connectivity index (χ1) is 15.1. The van der Waals surface area contributed by atoms with Gasteiger partial charge in [0.15, 0.2) is 0 Å². The molecular formula is C27H37NO3S. The van der Waals surface area contributed by atoms with Crippen molar-refractivity contribution in [3.8, 4) is 10.4 Å². The maximum atomic E-state index is 13.8. The van der Waals surface area contributed by atoms with Crippen LogP contribution in [0.25, 0.3) is 10.4 Å². The lowest BCUT2D eigenvalue weighted by molar-refractivity contribution is -0.124. The molecule has 0 bridgehead atoms. The van der Waals surface area contributed by atoms with Gasteiger partial charge in [0.25, 0.3) is 0 Å². The van der Waals surface area contributed by atoms with E-state index < -0.39 is 0 Å². The Balaban J connectivity index is 1.94. The number of amides is 1. The summed E-state index contributed by atoms with van der Waals surface area (Å²) >= 11 is 1.50. The Labute approximate surface area is 197 Å². The number of esters is 1. The number of rotatable bonds is 6. The van der Waals surface area contributed by atoms with Gasteiger partial charge in [0.1, 0.15) is 5.00 Å². The van der Waals surface area contributed by atoms with Gasteiger partial charge >= 0.3 is 5.97 Å². The highest BCUT2D eigenvalue weighted by atomic mass is 32.1. The molecule has 1 aromatic carbocycles. The molecule has 1 saturated carbocycles. The number of ether oxygens (including phenoxy) is 1. The minimum Gasteiger partial charge on any atom is -0.462 e. The first kappa shape index (κ1) is 24.5. The van der Waals surface area contributed by atoms with Crippen molar-refractivity contribution in [3.63, 3.8) is 0 Å². The van der Waals surface area contributed by atoms with Crippen LogP contribution in [0.1, 0.15) is 77.6 Å². The van der Waals surface area contributed by atoms with Gasteiger partial charge < -0.3 is 9.64 Å². The van der Waals surface area contributed by atoms with Crippen molar-refractivity contribution in [2.75, 3.05) is 11.5 Å². The van der Waals surface area contributed by atoms with Crippen molar-refractivity contribution in [2.45, 2.75) is 73.3 Å². The lowest BCUT2D eigenvalue weighted by Gasteiger charge is -2.38. The van der Waals surface area contributed by atoms with Crippen molar-refractivity contribution in [1.82, 2.24) is 0 Å². The minimum absolute atomic E-state index is 0.00770. The van der Waals surface area contributed by atoms with E-state index in [0.29, 0.717) is 23.1 Å². The summed E-state index contributed by atoms with van der Waals surface area (Å²) < 4.78 is 5.35. The van der Waals surface area contributed by atoms with Gasteiger partial charge in [0.2, 0.25) is 5.91 Å². The zero-order chi connectivity index (χ0) is 23.5.